The Balaban J connectivity index is 2.31. The third kappa shape index (κ3) is 1.82. The van der Waals surface area contributed by atoms with Gasteiger partial charge in [0.2, 0.25) is 5.90 Å². The molecule has 1 atom stereocenters. The Morgan fingerprint density at radius 3 is 2.71 bits per heavy atom. The predicted molar refractivity (Wildman–Crippen MR) is 53.2 cm³/mol. The van der Waals surface area contributed by atoms with Crippen molar-refractivity contribution in [1.82, 2.24) is 0 Å². The lowest BCUT2D eigenvalue weighted by Crippen LogP contribution is -2.24. The number of benzene rings is 1. The molecule has 0 saturated heterocycles. The number of rotatable bonds is 1. The first-order chi connectivity index (χ1) is 6.75. The van der Waals surface area contributed by atoms with E-state index in [-0.39, 0.29) is 12.0 Å². The van der Waals surface area contributed by atoms with E-state index >= 15 is 0 Å². The largest absolute Gasteiger partial charge is 0.407 e. The summed E-state index contributed by atoms with van der Waals surface area (Å²) in [5.41, 5.74) is 0.854. The number of aliphatic imine (C=N–C) groups is 1. The molecule has 1 aromatic carbocycles. The highest BCUT2D eigenvalue weighted by molar-refractivity contribution is 6.01. The van der Waals surface area contributed by atoms with Crippen molar-refractivity contribution >= 4 is 11.9 Å². The lowest BCUT2D eigenvalue weighted by atomic mass is 10.2. The first-order valence-corrected chi connectivity index (χ1v) is 4.59. The minimum atomic E-state index is -0.202. The number of esters is 1. The average molecular weight is 189 g/mol. The van der Waals surface area contributed by atoms with Crippen molar-refractivity contribution in [2.24, 2.45) is 4.99 Å². The summed E-state index contributed by atoms with van der Waals surface area (Å²) in [6, 6.07) is 9.48. The van der Waals surface area contributed by atoms with Crippen LogP contribution in [0.4, 0.5) is 0 Å². The Morgan fingerprint density at radius 2 is 2.07 bits per heavy atom. The van der Waals surface area contributed by atoms with Gasteiger partial charge in [-0.3, -0.25) is 4.79 Å². The molecule has 0 radical (unpaired) electrons. The van der Waals surface area contributed by atoms with Crippen molar-refractivity contribution < 1.29 is 9.53 Å². The van der Waals surface area contributed by atoms with E-state index in [0.29, 0.717) is 12.3 Å². The summed E-state index contributed by atoms with van der Waals surface area (Å²) in [5.74, 6) is 0.237. The molecule has 1 aromatic rings. The van der Waals surface area contributed by atoms with E-state index in [2.05, 4.69) is 4.99 Å². The van der Waals surface area contributed by atoms with Gasteiger partial charge in [-0.15, -0.1) is 0 Å². The molecule has 0 saturated carbocycles. The molecule has 0 N–H and O–H groups in total. The summed E-state index contributed by atoms with van der Waals surface area (Å²) in [7, 11) is 0. The Bertz CT molecular complexity index is 370. The van der Waals surface area contributed by atoms with Crippen LogP contribution in [0.5, 0.6) is 0 Å². The second-order valence-electron chi connectivity index (χ2n) is 3.33. The Kier molecular flexibility index (Phi) is 2.31. The van der Waals surface area contributed by atoms with Gasteiger partial charge in [-0.25, -0.2) is 4.99 Å². The summed E-state index contributed by atoms with van der Waals surface area (Å²) in [5, 5.41) is 0. The SMILES string of the molecule is CC1CC(=O)OC(c2ccccc2)=N1. The zero-order chi connectivity index (χ0) is 9.97. The zero-order valence-corrected chi connectivity index (χ0v) is 7.93. The minimum absolute atomic E-state index is 0.0199. The van der Waals surface area contributed by atoms with Crippen molar-refractivity contribution in [2.75, 3.05) is 0 Å². The van der Waals surface area contributed by atoms with Crippen LogP contribution in [0.1, 0.15) is 18.9 Å². The Morgan fingerprint density at radius 1 is 1.36 bits per heavy atom. The van der Waals surface area contributed by atoms with Gasteiger partial charge in [0.15, 0.2) is 0 Å². The molecule has 0 spiro atoms. The quantitative estimate of drug-likeness (QED) is 0.631. The van der Waals surface area contributed by atoms with Crippen molar-refractivity contribution in [3.05, 3.63) is 35.9 Å². The molecule has 0 aliphatic carbocycles. The number of nitrogens with zero attached hydrogens (tertiary/aromatic N) is 1. The van der Waals surface area contributed by atoms with E-state index in [9.17, 15) is 4.79 Å². The van der Waals surface area contributed by atoms with Crippen molar-refractivity contribution in [3.63, 3.8) is 0 Å². The van der Waals surface area contributed by atoms with Crippen LogP contribution in [0.3, 0.4) is 0 Å². The van der Waals surface area contributed by atoms with Crippen LogP contribution < -0.4 is 0 Å². The third-order valence-corrected chi connectivity index (χ3v) is 2.03. The van der Waals surface area contributed by atoms with E-state index in [1.54, 1.807) is 0 Å². The van der Waals surface area contributed by atoms with Gasteiger partial charge in [0.05, 0.1) is 12.5 Å². The van der Waals surface area contributed by atoms with Gasteiger partial charge in [-0.2, -0.15) is 0 Å². The molecule has 3 heteroatoms. The number of carbonyl (C=O) groups is 1. The molecule has 1 aliphatic heterocycles. The molecule has 1 aliphatic rings. The molecular formula is C11H11NO2. The van der Waals surface area contributed by atoms with E-state index < -0.39 is 0 Å². The predicted octanol–water partition coefficient (Wildman–Crippen LogP) is 1.77. The highest BCUT2D eigenvalue weighted by Gasteiger charge is 2.20. The average Bonchev–Trinajstić information content (AvgIpc) is 2.18. The highest BCUT2D eigenvalue weighted by atomic mass is 16.5. The Labute approximate surface area is 82.4 Å². The molecule has 1 unspecified atom stereocenters. The third-order valence-electron chi connectivity index (χ3n) is 2.03. The van der Waals surface area contributed by atoms with Crippen LogP contribution in [0.2, 0.25) is 0 Å². The molecule has 0 amide bonds. The second kappa shape index (κ2) is 3.62. The summed E-state index contributed by atoms with van der Waals surface area (Å²) in [6.07, 6.45) is 0.371. The molecule has 0 bridgehead atoms. The van der Waals surface area contributed by atoms with Crippen molar-refractivity contribution in [3.8, 4) is 0 Å². The van der Waals surface area contributed by atoms with Crippen LogP contribution in [-0.2, 0) is 9.53 Å². The fraction of sp³-hybridized carbons (Fsp3) is 0.273. The van der Waals surface area contributed by atoms with Gasteiger partial charge in [-0.05, 0) is 19.1 Å². The summed E-state index contributed by atoms with van der Waals surface area (Å²) < 4.78 is 5.05. The van der Waals surface area contributed by atoms with Gasteiger partial charge >= 0.3 is 5.97 Å². The van der Waals surface area contributed by atoms with E-state index in [1.807, 2.05) is 37.3 Å². The smallest absolute Gasteiger partial charge is 0.314 e. The molecule has 1 heterocycles. The van der Waals surface area contributed by atoms with Gasteiger partial charge in [0, 0.05) is 5.56 Å². The molecular weight excluding hydrogens is 178 g/mol. The van der Waals surface area contributed by atoms with E-state index in [0.717, 1.165) is 5.56 Å². The van der Waals surface area contributed by atoms with E-state index in [4.69, 9.17) is 4.74 Å². The first kappa shape index (κ1) is 8.94. The van der Waals surface area contributed by atoms with Crippen molar-refractivity contribution in [2.45, 2.75) is 19.4 Å². The summed E-state index contributed by atoms with van der Waals surface area (Å²) >= 11 is 0. The fourth-order valence-corrected chi connectivity index (χ4v) is 1.38. The normalized spacial score (nSPS) is 21.4. The molecule has 3 nitrogen and oxygen atoms in total. The summed E-state index contributed by atoms with van der Waals surface area (Å²) in [4.78, 5) is 15.4. The molecule has 72 valence electrons. The topological polar surface area (TPSA) is 38.7 Å². The van der Waals surface area contributed by atoms with Gasteiger partial charge in [-0.1, -0.05) is 18.2 Å². The zero-order valence-electron chi connectivity index (χ0n) is 7.93. The van der Waals surface area contributed by atoms with Crippen LogP contribution in [0.25, 0.3) is 0 Å². The van der Waals surface area contributed by atoms with Gasteiger partial charge in [0.25, 0.3) is 0 Å². The van der Waals surface area contributed by atoms with Gasteiger partial charge < -0.3 is 4.74 Å². The lowest BCUT2D eigenvalue weighted by Gasteiger charge is -2.16. The van der Waals surface area contributed by atoms with Crippen LogP contribution in [0.15, 0.2) is 35.3 Å². The maximum atomic E-state index is 11.2. The van der Waals surface area contributed by atoms with Crippen LogP contribution >= 0.6 is 0 Å². The maximum Gasteiger partial charge on any atom is 0.314 e. The summed E-state index contributed by atoms with van der Waals surface area (Å²) in [6.45, 7) is 1.91. The number of hydrogen-bond donors (Lipinski definition) is 0. The standard InChI is InChI=1S/C11H11NO2/c1-8-7-10(13)14-11(12-8)9-5-3-2-4-6-9/h2-6,8H,7H2,1H3. The number of carbonyl (C=O) groups excluding carboxylic acids is 1. The maximum absolute atomic E-state index is 11.2. The number of cyclic esters (lactones) is 1. The fourth-order valence-electron chi connectivity index (χ4n) is 1.38. The molecule has 0 fully saturated rings. The van der Waals surface area contributed by atoms with Crippen LogP contribution in [-0.4, -0.2) is 17.9 Å². The molecule has 14 heavy (non-hydrogen) atoms. The van der Waals surface area contributed by atoms with Crippen molar-refractivity contribution in [1.29, 1.82) is 0 Å². The highest BCUT2D eigenvalue weighted by Crippen LogP contribution is 2.12. The monoisotopic (exact) mass is 189 g/mol. The number of ether oxygens (including phenoxy) is 1. The molecule has 2 rings (SSSR count). The molecule has 0 aromatic heterocycles. The Hall–Kier alpha value is -1.64. The minimum Gasteiger partial charge on any atom is -0.407 e. The van der Waals surface area contributed by atoms with Gasteiger partial charge in [0.1, 0.15) is 0 Å². The number of hydrogen-bond acceptors (Lipinski definition) is 3. The second-order valence-corrected chi connectivity index (χ2v) is 3.33. The van der Waals surface area contributed by atoms with E-state index in [1.165, 1.54) is 0 Å². The van der Waals surface area contributed by atoms with Crippen LogP contribution in [0, 0.1) is 0 Å². The lowest BCUT2D eigenvalue weighted by molar-refractivity contribution is -0.136. The first-order valence-electron chi connectivity index (χ1n) is 4.59.